The van der Waals surface area contributed by atoms with Gasteiger partial charge in [-0.2, -0.15) is 0 Å². The highest BCUT2D eigenvalue weighted by atomic mass is 35.5. The lowest BCUT2D eigenvalue weighted by Gasteiger charge is -2.20. The molecule has 154 valence electrons. The van der Waals surface area contributed by atoms with Gasteiger partial charge in [0.05, 0.1) is 17.7 Å². The van der Waals surface area contributed by atoms with Gasteiger partial charge in [-0.05, 0) is 43.2 Å². The van der Waals surface area contributed by atoms with Gasteiger partial charge in [0.25, 0.3) is 5.91 Å². The van der Waals surface area contributed by atoms with E-state index in [0.717, 1.165) is 11.3 Å². The summed E-state index contributed by atoms with van der Waals surface area (Å²) < 4.78 is 21.2. The van der Waals surface area contributed by atoms with E-state index < -0.39 is 12.1 Å². The lowest BCUT2D eigenvalue weighted by molar-refractivity contribution is -0.129. The van der Waals surface area contributed by atoms with Crippen molar-refractivity contribution in [3.05, 3.63) is 52.5 Å². The largest absolute Gasteiger partial charge is 0.497 e. The van der Waals surface area contributed by atoms with E-state index in [0.29, 0.717) is 37.7 Å². The van der Waals surface area contributed by atoms with Crippen LogP contribution in [0.2, 0.25) is 5.02 Å². The zero-order valence-corrected chi connectivity index (χ0v) is 17.0. The first-order valence-corrected chi connectivity index (χ1v) is 9.56. The number of nitrogens with one attached hydrogen (secondary N) is 1. The van der Waals surface area contributed by atoms with Crippen molar-refractivity contribution in [2.24, 2.45) is 0 Å². The summed E-state index contributed by atoms with van der Waals surface area (Å²) in [7, 11) is 1.61. The van der Waals surface area contributed by atoms with Crippen molar-refractivity contribution < 1.29 is 28.5 Å². The molecule has 2 aromatic rings. The van der Waals surface area contributed by atoms with Gasteiger partial charge in [-0.15, -0.1) is 0 Å². The summed E-state index contributed by atoms with van der Waals surface area (Å²) in [5, 5.41) is 3.01. The second kappa shape index (κ2) is 9.52. The Bertz CT molecular complexity index is 883. The van der Waals surface area contributed by atoms with Crippen molar-refractivity contribution in [2.75, 3.05) is 26.9 Å². The van der Waals surface area contributed by atoms with Crippen molar-refractivity contribution in [3.8, 4) is 17.2 Å². The third-order valence-corrected chi connectivity index (χ3v) is 4.64. The molecule has 0 fully saturated rings. The Morgan fingerprint density at radius 1 is 1.17 bits per heavy atom. The minimum absolute atomic E-state index is 0.192. The maximum absolute atomic E-state index is 12.4. The molecule has 8 heteroatoms. The normalized spacial score (nSPS) is 13.3. The van der Waals surface area contributed by atoms with Crippen molar-refractivity contribution in [1.29, 1.82) is 0 Å². The summed E-state index contributed by atoms with van der Waals surface area (Å²) >= 11 is 6.14. The van der Waals surface area contributed by atoms with Crippen molar-refractivity contribution in [2.45, 2.75) is 19.4 Å². The monoisotopic (exact) mass is 419 g/mol. The Morgan fingerprint density at radius 3 is 2.62 bits per heavy atom. The first-order chi connectivity index (χ1) is 14.0. The minimum Gasteiger partial charge on any atom is -0.497 e. The summed E-state index contributed by atoms with van der Waals surface area (Å²) in [4.78, 5) is 24.6. The Morgan fingerprint density at radius 2 is 1.90 bits per heavy atom. The molecule has 0 saturated carbocycles. The summed E-state index contributed by atoms with van der Waals surface area (Å²) in [6.45, 7) is 2.70. The van der Waals surface area contributed by atoms with Crippen LogP contribution in [-0.4, -0.2) is 44.8 Å². The molecule has 7 nitrogen and oxygen atoms in total. The molecule has 0 bridgehead atoms. The smallest absolute Gasteiger partial charge is 0.339 e. The number of ether oxygens (including phenoxy) is 4. The van der Waals surface area contributed by atoms with Gasteiger partial charge in [-0.1, -0.05) is 23.7 Å². The minimum atomic E-state index is -0.953. The Kier molecular flexibility index (Phi) is 6.82. The molecule has 1 N–H and O–H groups in total. The number of esters is 1. The predicted molar refractivity (Wildman–Crippen MR) is 107 cm³/mol. The van der Waals surface area contributed by atoms with Crippen LogP contribution in [0, 0.1) is 0 Å². The zero-order valence-electron chi connectivity index (χ0n) is 16.2. The number of halogens is 1. The van der Waals surface area contributed by atoms with E-state index in [2.05, 4.69) is 5.32 Å². The number of benzene rings is 2. The number of hydrogen-bond donors (Lipinski definition) is 1. The van der Waals surface area contributed by atoms with Gasteiger partial charge in [0, 0.05) is 6.54 Å². The highest BCUT2D eigenvalue weighted by molar-refractivity contribution is 6.32. The highest BCUT2D eigenvalue weighted by Gasteiger charge is 2.23. The van der Waals surface area contributed by atoms with Crippen molar-refractivity contribution in [1.82, 2.24) is 5.32 Å². The molecule has 1 heterocycles. The number of carbonyl (C=O) groups is 2. The fourth-order valence-electron chi connectivity index (χ4n) is 2.78. The molecular formula is C21H22ClNO6. The third-order valence-electron chi connectivity index (χ3n) is 4.36. The van der Waals surface area contributed by atoms with Crippen LogP contribution in [0.3, 0.4) is 0 Å². The average molecular weight is 420 g/mol. The van der Waals surface area contributed by atoms with Gasteiger partial charge in [0.2, 0.25) is 0 Å². The molecule has 1 atom stereocenters. The molecule has 0 unspecified atom stereocenters. The first-order valence-electron chi connectivity index (χ1n) is 9.18. The summed E-state index contributed by atoms with van der Waals surface area (Å²) in [6, 6.07) is 10.5. The van der Waals surface area contributed by atoms with Crippen LogP contribution < -0.4 is 19.5 Å². The van der Waals surface area contributed by atoms with E-state index in [1.54, 1.807) is 7.11 Å². The molecule has 0 spiro atoms. The maximum atomic E-state index is 12.4. The van der Waals surface area contributed by atoms with Crippen LogP contribution in [0.1, 0.15) is 22.8 Å². The Balaban J connectivity index is 1.51. The Hall–Kier alpha value is -2.93. The van der Waals surface area contributed by atoms with Crippen LogP contribution in [0.4, 0.5) is 0 Å². The standard InChI is InChI=1S/C21H22ClNO6/c1-13(20(24)23-8-7-14-3-5-16(26-2)6-4-14)29-21(25)15-11-17(22)19-18(12-15)27-9-10-28-19/h3-6,11-13H,7-10H2,1-2H3,(H,23,24)/t13-/m1/s1. The predicted octanol–water partition coefficient (Wildman–Crippen LogP) is 3.02. The van der Waals surface area contributed by atoms with Gasteiger partial charge in [-0.25, -0.2) is 4.79 Å². The number of rotatable bonds is 7. The van der Waals surface area contributed by atoms with E-state index in [4.69, 9.17) is 30.5 Å². The molecule has 1 aliphatic heterocycles. The number of fused-ring (bicyclic) bond motifs is 1. The van der Waals surface area contributed by atoms with Crippen LogP contribution in [0.15, 0.2) is 36.4 Å². The summed E-state index contributed by atoms with van der Waals surface area (Å²) in [5.74, 6) is 0.515. The highest BCUT2D eigenvalue weighted by Crippen LogP contribution is 2.38. The Labute approximate surface area is 173 Å². The van der Waals surface area contributed by atoms with Gasteiger partial charge in [0.15, 0.2) is 17.6 Å². The molecule has 0 saturated heterocycles. The number of carbonyl (C=O) groups excluding carboxylic acids is 2. The maximum Gasteiger partial charge on any atom is 0.339 e. The van der Waals surface area contributed by atoms with E-state index in [-0.39, 0.29) is 16.5 Å². The van der Waals surface area contributed by atoms with E-state index in [1.165, 1.54) is 19.1 Å². The quantitative estimate of drug-likeness (QED) is 0.694. The fraction of sp³-hybridized carbons (Fsp3) is 0.333. The van der Waals surface area contributed by atoms with E-state index in [9.17, 15) is 9.59 Å². The van der Waals surface area contributed by atoms with E-state index in [1.807, 2.05) is 24.3 Å². The SMILES string of the molecule is COc1ccc(CCNC(=O)[C@@H](C)OC(=O)c2cc(Cl)c3c(c2)OCCO3)cc1. The second-order valence-electron chi connectivity index (χ2n) is 6.42. The third kappa shape index (κ3) is 5.32. The summed E-state index contributed by atoms with van der Waals surface area (Å²) in [5.41, 5.74) is 1.25. The van der Waals surface area contributed by atoms with Crippen LogP contribution in [0.5, 0.6) is 17.2 Å². The van der Waals surface area contributed by atoms with Crippen LogP contribution >= 0.6 is 11.6 Å². The molecule has 29 heavy (non-hydrogen) atoms. The second-order valence-corrected chi connectivity index (χ2v) is 6.83. The molecule has 1 aliphatic rings. The first kappa shape index (κ1) is 20.8. The lowest BCUT2D eigenvalue weighted by Crippen LogP contribution is -2.36. The van der Waals surface area contributed by atoms with Crippen LogP contribution in [-0.2, 0) is 16.0 Å². The topological polar surface area (TPSA) is 83.1 Å². The van der Waals surface area contributed by atoms with E-state index >= 15 is 0 Å². The molecule has 1 amide bonds. The molecular weight excluding hydrogens is 398 g/mol. The molecule has 0 aliphatic carbocycles. The fourth-order valence-corrected chi connectivity index (χ4v) is 3.04. The molecule has 2 aromatic carbocycles. The molecule has 3 rings (SSSR count). The average Bonchev–Trinajstić information content (AvgIpc) is 2.74. The van der Waals surface area contributed by atoms with Gasteiger partial charge in [0.1, 0.15) is 19.0 Å². The van der Waals surface area contributed by atoms with Crippen LogP contribution in [0.25, 0.3) is 0 Å². The number of amides is 1. The number of hydrogen-bond acceptors (Lipinski definition) is 6. The number of methoxy groups -OCH3 is 1. The van der Waals surface area contributed by atoms with Gasteiger partial charge >= 0.3 is 5.97 Å². The van der Waals surface area contributed by atoms with Gasteiger partial charge < -0.3 is 24.3 Å². The van der Waals surface area contributed by atoms with Crippen molar-refractivity contribution >= 4 is 23.5 Å². The lowest BCUT2D eigenvalue weighted by atomic mass is 10.1. The molecule has 0 radical (unpaired) electrons. The van der Waals surface area contributed by atoms with Gasteiger partial charge in [-0.3, -0.25) is 4.79 Å². The summed E-state index contributed by atoms with van der Waals surface area (Å²) in [6.07, 6.45) is -0.306. The molecule has 0 aromatic heterocycles. The van der Waals surface area contributed by atoms with Crippen molar-refractivity contribution in [3.63, 3.8) is 0 Å². The zero-order chi connectivity index (χ0) is 20.8.